The predicted octanol–water partition coefficient (Wildman–Crippen LogP) is 4.23. The fourth-order valence-electron chi connectivity index (χ4n) is 3.78. The third-order valence-electron chi connectivity index (χ3n) is 4.95. The molecule has 0 aromatic carbocycles. The van der Waals surface area contributed by atoms with Gasteiger partial charge < -0.3 is 5.32 Å². The quantitative estimate of drug-likeness (QED) is 0.774. The fraction of sp³-hybridized carbons (Fsp3) is 1.00. The molecular formula is C16H31N. The first-order chi connectivity index (χ1) is 7.96. The van der Waals surface area contributed by atoms with Crippen molar-refractivity contribution in [3.8, 4) is 0 Å². The summed E-state index contributed by atoms with van der Waals surface area (Å²) in [7, 11) is 0. The molecule has 2 fully saturated rings. The van der Waals surface area contributed by atoms with Gasteiger partial charge in [-0.3, -0.25) is 0 Å². The molecule has 0 radical (unpaired) electrons. The van der Waals surface area contributed by atoms with Crippen LogP contribution in [0.4, 0.5) is 0 Å². The van der Waals surface area contributed by atoms with E-state index in [1.165, 1.54) is 45.1 Å². The van der Waals surface area contributed by atoms with Gasteiger partial charge in [-0.15, -0.1) is 0 Å². The summed E-state index contributed by atoms with van der Waals surface area (Å²) >= 11 is 0. The van der Waals surface area contributed by atoms with E-state index in [0.717, 1.165) is 23.7 Å². The molecule has 100 valence electrons. The normalized spacial score (nSPS) is 38.8. The Balaban J connectivity index is 1.78. The Morgan fingerprint density at radius 3 is 2.35 bits per heavy atom. The maximum atomic E-state index is 3.70. The highest BCUT2D eigenvalue weighted by Gasteiger charge is 2.38. The Hall–Kier alpha value is -0.0400. The van der Waals surface area contributed by atoms with Crippen LogP contribution in [0.2, 0.25) is 0 Å². The molecule has 4 unspecified atom stereocenters. The molecular weight excluding hydrogens is 206 g/mol. The van der Waals surface area contributed by atoms with Crippen molar-refractivity contribution < 1.29 is 0 Å². The second-order valence-electron chi connectivity index (χ2n) is 7.66. The molecule has 2 saturated carbocycles. The monoisotopic (exact) mass is 237 g/mol. The molecule has 2 aliphatic carbocycles. The number of hydrogen-bond donors (Lipinski definition) is 1. The van der Waals surface area contributed by atoms with E-state index in [9.17, 15) is 0 Å². The van der Waals surface area contributed by atoms with Crippen LogP contribution in [-0.2, 0) is 0 Å². The first-order valence-electron chi connectivity index (χ1n) is 7.71. The van der Waals surface area contributed by atoms with Gasteiger partial charge in [-0.05, 0) is 70.3 Å². The van der Waals surface area contributed by atoms with E-state index < -0.39 is 0 Å². The minimum absolute atomic E-state index is 0.292. The molecule has 0 aromatic rings. The van der Waals surface area contributed by atoms with E-state index in [4.69, 9.17) is 0 Å². The molecule has 1 heteroatoms. The molecule has 2 rings (SSSR count). The van der Waals surface area contributed by atoms with Crippen molar-refractivity contribution >= 4 is 0 Å². The number of rotatable bonds is 3. The third-order valence-corrected chi connectivity index (χ3v) is 4.95. The molecule has 1 nitrogen and oxygen atoms in total. The van der Waals surface area contributed by atoms with E-state index in [-0.39, 0.29) is 0 Å². The smallest absolute Gasteiger partial charge is 0.00966 e. The zero-order valence-electron chi connectivity index (χ0n) is 12.3. The lowest BCUT2D eigenvalue weighted by atomic mass is 9.62. The van der Waals surface area contributed by atoms with Crippen molar-refractivity contribution in [1.29, 1.82) is 0 Å². The van der Waals surface area contributed by atoms with Gasteiger partial charge >= 0.3 is 0 Å². The van der Waals surface area contributed by atoms with Crippen molar-refractivity contribution in [1.82, 2.24) is 5.32 Å². The molecule has 0 spiro atoms. The molecule has 0 amide bonds. The van der Waals surface area contributed by atoms with Crippen molar-refractivity contribution in [3.63, 3.8) is 0 Å². The highest BCUT2D eigenvalue weighted by atomic mass is 14.9. The Bertz CT molecular complexity index is 240. The van der Waals surface area contributed by atoms with Gasteiger partial charge in [0.2, 0.25) is 0 Å². The summed E-state index contributed by atoms with van der Waals surface area (Å²) in [6, 6.07) is 0. The van der Waals surface area contributed by atoms with E-state index >= 15 is 0 Å². The number of nitrogens with one attached hydrogen (secondary N) is 1. The Morgan fingerprint density at radius 1 is 1.06 bits per heavy atom. The molecule has 4 atom stereocenters. The summed E-state index contributed by atoms with van der Waals surface area (Å²) in [5, 5.41) is 3.70. The molecule has 0 aliphatic heterocycles. The zero-order valence-corrected chi connectivity index (χ0v) is 12.3. The molecule has 0 heterocycles. The summed E-state index contributed by atoms with van der Waals surface area (Å²) < 4.78 is 0. The zero-order chi connectivity index (χ0) is 12.5. The summed E-state index contributed by atoms with van der Waals surface area (Å²) in [4.78, 5) is 0. The van der Waals surface area contributed by atoms with Crippen LogP contribution in [0, 0.1) is 23.7 Å². The Kier molecular flexibility index (Phi) is 4.18. The van der Waals surface area contributed by atoms with E-state index in [1.54, 1.807) is 0 Å². The molecule has 1 N–H and O–H groups in total. The number of hydrogen-bond acceptors (Lipinski definition) is 1. The molecule has 0 saturated heterocycles. The summed E-state index contributed by atoms with van der Waals surface area (Å²) in [5.74, 6) is 4.07. The van der Waals surface area contributed by atoms with E-state index in [2.05, 4.69) is 33.0 Å². The minimum atomic E-state index is 0.292. The lowest BCUT2D eigenvalue weighted by Crippen LogP contribution is -2.45. The average molecular weight is 237 g/mol. The second-order valence-corrected chi connectivity index (χ2v) is 7.66. The van der Waals surface area contributed by atoms with Gasteiger partial charge in [0, 0.05) is 5.54 Å². The maximum absolute atomic E-state index is 3.70. The van der Waals surface area contributed by atoms with E-state index in [1.807, 2.05) is 0 Å². The highest BCUT2D eigenvalue weighted by molar-refractivity contribution is 4.90. The topological polar surface area (TPSA) is 12.0 Å². The molecule has 17 heavy (non-hydrogen) atoms. The van der Waals surface area contributed by atoms with Crippen molar-refractivity contribution in [2.24, 2.45) is 23.7 Å². The highest BCUT2D eigenvalue weighted by Crippen LogP contribution is 2.46. The van der Waals surface area contributed by atoms with Crippen molar-refractivity contribution in [2.75, 3.05) is 6.54 Å². The first-order valence-corrected chi connectivity index (χ1v) is 7.71. The van der Waals surface area contributed by atoms with Crippen LogP contribution in [-0.4, -0.2) is 12.1 Å². The van der Waals surface area contributed by atoms with Crippen LogP contribution in [0.15, 0.2) is 0 Å². The maximum Gasteiger partial charge on any atom is 0.00966 e. The lowest BCUT2D eigenvalue weighted by molar-refractivity contribution is 0.0615. The third kappa shape index (κ3) is 3.71. The first kappa shape index (κ1) is 13.4. The van der Waals surface area contributed by atoms with Crippen LogP contribution >= 0.6 is 0 Å². The Morgan fingerprint density at radius 2 is 1.82 bits per heavy atom. The van der Waals surface area contributed by atoms with Crippen LogP contribution in [0.1, 0.15) is 66.2 Å². The van der Waals surface area contributed by atoms with Crippen molar-refractivity contribution in [3.05, 3.63) is 0 Å². The average Bonchev–Trinajstić information content (AvgIpc) is 2.14. The molecule has 0 aromatic heterocycles. The van der Waals surface area contributed by atoms with Crippen molar-refractivity contribution in [2.45, 2.75) is 71.8 Å². The van der Waals surface area contributed by atoms with Gasteiger partial charge in [0.1, 0.15) is 0 Å². The van der Waals surface area contributed by atoms with Crippen LogP contribution in [0.5, 0.6) is 0 Å². The standard InChI is InChI=1S/C16H31N/c1-12-6-5-7-13(10-12)15-9-8-14(15)11-17-16(2,3)4/h12-15,17H,5-11H2,1-4H3. The van der Waals surface area contributed by atoms with Gasteiger partial charge in [0.15, 0.2) is 0 Å². The van der Waals surface area contributed by atoms with Gasteiger partial charge in [-0.2, -0.15) is 0 Å². The Labute approximate surface area is 108 Å². The summed E-state index contributed by atoms with van der Waals surface area (Å²) in [5.41, 5.74) is 0.292. The van der Waals surface area contributed by atoms with Crippen LogP contribution in [0.3, 0.4) is 0 Å². The van der Waals surface area contributed by atoms with E-state index in [0.29, 0.717) is 5.54 Å². The minimum Gasteiger partial charge on any atom is -0.312 e. The lowest BCUT2D eigenvalue weighted by Gasteiger charge is -2.45. The second kappa shape index (κ2) is 5.30. The largest absolute Gasteiger partial charge is 0.312 e. The molecule has 0 bridgehead atoms. The summed E-state index contributed by atoms with van der Waals surface area (Å²) in [6.07, 6.45) is 8.97. The van der Waals surface area contributed by atoms with Gasteiger partial charge in [-0.1, -0.05) is 26.2 Å². The fourth-order valence-corrected chi connectivity index (χ4v) is 3.78. The predicted molar refractivity (Wildman–Crippen MR) is 75.1 cm³/mol. The van der Waals surface area contributed by atoms with Crippen LogP contribution < -0.4 is 5.32 Å². The molecule has 2 aliphatic rings. The van der Waals surface area contributed by atoms with Gasteiger partial charge in [0.25, 0.3) is 0 Å². The van der Waals surface area contributed by atoms with Crippen LogP contribution in [0.25, 0.3) is 0 Å². The summed E-state index contributed by atoms with van der Waals surface area (Å²) in [6.45, 7) is 10.5. The SMILES string of the molecule is CC1CCCC(C2CCC2CNC(C)(C)C)C1. The van der Waals surface area contributed by atoms with Gasteiger partial charge in [0.05, 0.1) is 0 Å². The van der Waals surface area contributed by atoms with Gasteiger partial charge in [-0.25, -0.2) is 0 Å².